The predicted octanol–water partition coefficient (Wildman–Crippen LogP) is 4.24. The molecule has 4 nitrogen and oxygen atoms in total. The summed E-state index contributed by atoms with van der Waals surface area (Å²) in [6.45, 7) is 3.79. The number of pyridine rings is 1. The van der Waals surface area contributed by atoms with E-state index in [9.17, 15) is 4.39 Å². The fourth-order valence-corrected chi connectivity index (χ4v) is 3.20. The highest BCUT2D eigenvalue weighted by molar-refractivity contribution is 5.78. The molecule has 0 unspecified atom stereocenters. The summed E-state index contributed by atoms with van der Waals surface area (Å²) in [6.07, 6.45) is 4.13. The van der Waals surface area contributed by atoms with Crippen LogP contribution in [-0.4, -0.2) is 9.38 Å². The lowest BCUT2D eigenvalue weighted by Crippen LogP contribution is -2.00. The monoisotopic (exact) mass is 358 g/mol. The Balaban J connectivity index is 1.77. The van der Waals surface area contributed by atoms with Gasteiger partial charge in [-0.15, -0.1) is 0 Å². The van der Waals surface area contributed by atoms with Gasteiger partial charge in [-0.25, -0.2) is 9.37 Å². The van der Waals surface area contributed by atoms with Gasteiger partial charge in [-0.1, -0.05) is 30.8 Å². The van der Waals surface area contributed by atoms with Crippen molar-refractivity contribution in [2.24, 2.45) is 5.73 Å². The topological polar surface area (TPSA) is 69.3 Å². The van der Waals surface area contributed by atoms with Crippen LogP contribution >= 0.6 is 0 Å². The molecule has 27 heavy (non-hydrogen) atoms. The summed E-state index contributed by atoms with van der Waals surface area (Å²) in [7, 11) is 0. The zero-order valence-corrected chi connectivity index (χ0v) is 14.7. The number of rotatable bonds is 4. The normalized spacial score (nSPS) is 11.0. The molecule has 0 amide bonds. The minimum Gasteiger partial charge on any atom is -0.398 e. The van der Waals surface area contributed by atoms with E-state index in [4.69, 9.17) is 11.5 Å². The van der Waals surface area contributed by atoms with E-state index in [1.807, 2.05) is 47.0 Å². The summed E-state index contributed by atoms with van der Waals surface area (Å²) in [5.74, 6) is -0.207. The Bertz CT molecular complexity index is 1160. The van der Waals surface area contributed by atoms with Crippen molar-refractivity contribution in [3.8, 4) is 11.1 Å². The van der Waals surface area contributed by atoms with Crippen LogP contribution in [0.25, 0.3) is 22.5 Å². The van der Waals surface area contributed by atoms with Crippen LogP contribution in [0.5, 0.6) is 0 Å². The van der Waals surface area contributed by atoms with E-state index in [-0.39, 0.29) is 5.82 Å². The number of fused-ring (bicyclic) bond motifs is 1. The smallest absolute Gasteiger partial charge is 0.137 e. The van der Waals surface area contributed by atoms with E-state index in [1.54, 1.807) is 18.3 Å². The van der Waals surface area contributed by atoms with Crippen molar-refractivity contribution in [1.82, 2.24) is 9.38 Å². The second kappa shape index (κ2) is 6.61. The van der Waals surface area contributed by atoms with Gasteiger partial charge >= 0.3 is 0 Å². The molecule has 0 radical (unpaired) electrons. The molecule has 0 bridgehead atoms. The first-order valence-corrected chi connectivity index (χ1v) is 8.57. The SMILES string of the molecule is C=C(N)c1cnc2ccc(-c3cc(Cc4ccccc4F)ccc3N)cn12. The molecular weight excluding hydrogens is 339 g/mol. The van der Waals surface area contributed by atoms with Gasteiger partial charge in [0.2, 0.25) is 0 Å². The van der Waals surface area contributed by atoms with Gasteiger partial charge in [-0.3, -0.25) is 4.40 Å². The zero-order chi connectivity index (χ0) is 19.0. The van der Waals surface area contributed by atoms with Gasteiger partial charge in [0.15, 0.2) is 0 Å². The molecule has 0 aliphatic carbocycles. The predicted molar refractivity (Wildman–Crippen MR) is 107 cm³/mol. The Morgan fingerprint density at radius 1 is 1.11 bits per heavy atom. The number of halogens is 1. The van der Waals surface area contributed by atoms with E-state index >= 15 is 0 Å². The van der Waals surface area contributed by atoms with Crippen LogP contribution in [0.15, 0.2) is 73.6 Å². The largest absolute Gasteiger partial charge is 0.398 e. The lowest BCUT2D eigenvalue weighted by atomic mass is 9.98. The lowest BCUT2D eigenvalue weighted by molar-refractivity contribution is 0.614. The summed E-state index contributed by atoms with van der Waals surface area (Å²) in [4.78, 5) is 4.33. The van der Waals surface area contributed by atoms with Gasteiger partial charge in [0.1, 0.15) is 11.5 Å². The Hall–Kier alpha value is -3.60. The molecule has 5 heteroatoms. The van der Waals surface area contributed by atoms with Gasteiger partial charge in [-0.05, 0) is 41.5 Å². The molecule has 0 aliphatic heterocycles. The zero-order valence-electron chi connectivity index (χ0n) is 14.7. The number of nitrogens with zero attached hydrogens (tertiary/aromatic N) is 2. The molecule has 4 rings (SSSR count). The number of imidazole rings is 1. The molecule has 4 N–H and O–H groups in total. The van der Waals surface area contributed by atoms with Crippen molar-refractivity contribution in [3.05, 3.63) is 96.2 Å². The number of benzene rings is 2. The van der Waals surface area contributed by atoms with Crippen LogP contribution in [0.1, 0.15) is 16.8 Å². The van der Waals surface area contributed by atoms with Crippen LogP contribution < -0.4 is 11.5 Å². The molecular formula is C22H19FN4. The summed E-state index contributed by atoms with van der Waals surface area (Å²) in [6, 6.07) is 16.4. The Labute approximate surface area is 156 Å². The standard InChI is InChI=1S/C22H19FN4/c1-14(24)21-12-26-22-9-7-17(13-27(21)22)18-11-15(6-8-20(18)25)10-16-4-2-3-5-19(16)23/h2-9,11-13H,1,10,24-25H2. The fourth-order valence-electron chi connectivity index (χ4n) is 3.20. The van der Waals surface area contributed by atoms with Crippen molar-refractivity contribution in [2.75, 3.05) is 5.73 Å². The first kappa shape index (κ1) is 16.8. The maximum Gasteiger partial charge on any atom is 0.137 e. The molecule has 0 saturated carbocycles. The van der Waals surface area contributed by atoms with Crippen LogP contribution in [0.3, 0.4) is 0 Å². The van der Waals surface area contributed by atoms with Gasteiger partial charge in [0.25, 0.3) is 0 Å². The van der Waals surface area contributed by atoms with E-state index in [2.05, 4.69) is 11.6 Å². The third-order valence-electron chi connectivity index (χ3n) is 4.62. The Kier molecular flexibility index (Phi) is 4.12. The van der Waals surface area contributed by atoms with Crippen LogP contribution in [0.4, 0.5) is 10.1 Å². The first-order valence-electron chi connectivity index (χ1n) is 8.57. The maximum absolute atomic E-state index is 14.0. The minimum absolute atomic E-state index is 0.207. The molecule has 0 spiro atoms. The van der Waals surface area contributed by atoms with Crippen LogP contribution in [0.2, 0.25) is 0 Å². The van der Waals surface area contributed by atoms with E-state index < -0.39 is 0 Å². The fraction of sp³-hybridized carbons (Fsp3) is 0.0455. The molecule has 2 aromatic carbocycles. The Morgan fingerprint density at radius 2 is 1.93 bits per heavy atom. The highest BCUT2D eigenvalue weighted by atomic mass is 19.1. The molecule has 4 aromatic rings. The van der Waals surface area contributed by atoms with Crippen molar-refractivity contribution in [2.45, 2.75) is 6.42 Å². The summed E-state index contributed by atoms with van der Waals surface area (Å²) >= 11 is 0. The lowest BCUT2D eigenvalue weighted by Gasteiger charge is -2.11. The van der Waals surface area contributed by atoms with Crippen LogP contribution in [0, 0.1) is 5.82 Å². The number of nitrogen functional groups attached to an aromatic ring is 1. The second-order valence-corrected chi connectivity index (χ2v) is 6.50. The van der Waals surface area contributed by atoms with Gasteiger partial charge in [0, 0.05) is 29.4 Å². The van der Waals surface area contributed by atoms with Crippen molar-refractivity contribution >= 4 is 17.0 Å². The summed E-state index contributed by atoms with van der Waals surface area (Å²) in [5, 5.41) is 0. The number of aromatic nitrogens is 2. The molecule has 0 atom stereocenters. The van der Waals surface area contributed by atoms with E-state index in [0.29, 0.717) is 23.4 Å². The third-order valence-corrected chi connectivity index (χ3v) is 4.62. The number of nitrogens with two attached hydrogens (primary N) is 2. The maximum atomic E-state index is 14.0. The van der Waals surface area contributed by atoms with Crippen molar-refractivity contribution in [3.63, 3.8) is 0 Å². The second-order valence-electron chi connectivity index (χ2n) is 6.50. The Morgan fingerprint density at radius 3 is 2.70 bits per heavy atom. The summed E-state index contributed by atoms with van der Waals surface area (Å²) in [5.41, 5.74) is 18.1. The highest BCUT2D eigenvalue weighted by Gasteiger charge is 2.10. The van der Waals surface area contributed by atoms with Gasteiger partial charge < -0.3 is 11.5 Å². The van der Waals surface area contributed by atoms with Crippen molar-refractivity contribution < 1.29 is 4.39 Å². The highest BCUT2D eigenvalue weighted by Crippen LogP contribution is 2.29. The minimum atomic E-state index is -0.207. The summed E-state index contributed by atoms with van der Waals surface area (Å²) < 4.78 is 15.9. The molecule has 134 valence electrons. The van der Waals surface area contributed by atoms with E-state index in [0.717, 1.165) is 28.0 Å². The number of hydrogen-bond donors (Lipinski definition) is 2. The molecule has 0 aliphatic rings. The molecule has 0 saturated heterocycles. The van der Waals surface area contributed by atoms with Gasteiger partial charge in [0.05, 0.1) is 17.6 Å². The molecule has 2 heterocycles. The average molecular weight is 358 g/mol. The number of anilines is 1. The van der Waals surface area contributed by atoms with Crippen LogP contribution in [-0.2, 0) is 6.42 Å². The first-order chi connectivity index (χ1) is 13.0. The quantitative estimate of drug-likeness (QED) is 0.536. The molecule has 2 aromatic heterocycles. The molecule has 0 fully saturated rings. The number of hydrogen-bond acceptors (Lipinski definition) is 3. The van der Waals surface area contributed by atoms with Gasteiger partial charge in [-0.2, -0.15) is 0 Å². The van der Waals surface area contributed by atoms with Crippen molar-refractivity contribution in [1.29, 1.82) is 0 Å². The average Bonchev–Trinajstić information content (AvgIpc) is 3.08. The third kappa shape index (κ3) is 3.15. The van der Waals surface area contributed by atoms with E-state index in [1.165, 1.54) is 6.07 Å².